The van der Waals surface area contributed by atoms with Crippen LogP contribution in [0, 0.1) is 0 Å². The maximum absolute atomic E-state index is 12.5. The Labute approximate surface area is 156 Å². The van der Waals surface area contributed by atoms with Gasteiger partial charge in [-0.15, -0.1) is 0 Å². The van der Waals surface area contributed by atoms with Crippen molar-refractivity contribution in [2.24, 2.45) is 0 Å². The van der Waals surface area contributed by atoms with Crippen molar-refractivity contribution in [3.63, 3.8) is 0 Å². The van der Waals surface area contributed by atoms with E-state index in [0.29, 0.717) is 21.3 Å². The second-order valence-electron chi connectivity index (χ2n) is 6.73. The number of carbonyl (C=O) groups is 2. The number of likely N-dealkylation sites (N-methyl/N-ethyl adjacent to an activating group) is 1. The fourth-order valence-electron chi connectivity index (χ4n) is 2.20. The molecule has 2 aromatic rings. The molecule has 0 aliphatic rings. The van der Waals surface area contributed by atoms with Crippen LogP contribution < -0.4 is 5.32 Å². The van der Waals surface area contributed by atoms with Gasteiger partial charge in [-0.3, -0.25) is 9.59 Å². The Morgan fingerprint density at radius 1 is 1.28 bits per heavy atom. The van der Waals surface area contributed by atoms with Crippen molar-refractivity contribution in [1.82, 2.24) is 20.0 Å². The molecule has 0 radical (unpaired) electrons. The van der Waals surface area contributed by atoms with Crippen molar-refractivity contribution in [1.29, 1.82) is 0 Å². The number of nitrogens with zero attached hydrogens (tertiary/aromatic N) is 3. The van der Waals surface area contributed by atoms with Crippen molar-refractivity contribution in [3.8, 4) is 5.69 Å². The minimum atomic E-state index is -0.350. The Morgan fingerprint density at radius 2 is 1.96 bits per heavy atom. The molecule has 8 heteroatoms. The summed E-state index contributed by atoms with van der Waals surface area (Å²) in [5, 5.41) is 7.92. The van der Waals surface area contributed by atoms with Crippen LogP contribution in [0.15, 0.2) is 30.6 Å². The molecule has 0 saturated heterocycles. The van der Waals surface area contributed by atoms with Gasteiger partial charge in [0, 0.05) is 23.8 Å². The van der Waals surface area contributed by atoms with Gasteiger partial charge in [-0.05, 0) is 39.0 Å². The lowest BCUT2D eigenvalue weighted by Crippen LogP contribution is -2.46. The van der Waals surface area contributed by atoms with E-state index in [2.05, 4.69) is 10.4 Å². The molecule has 0 atom stereocenters. The third-order valence-corrected chi connectivity index (χ3v) is 3.77. The third kappa shape index (κ3) is 5.21. The Bertz CT molecular complexity index is 796. The molecular formula is C17H20Cl2N4O2. The highest BCUT2D eigenvalue weighted by molar-refractivity contribution is 6.35. The second kappa shape index (κ2) is 7.45. The zero-order valence-electron chi connectivity index (χ0n) is 14.5. The number of hydrogen-bond donors (Lipinski definition) is 1. The van der Waals surface area contributed by atoms with E-state index in [9.17, 15) is 9.59 Å². The first-order valence-corrected chi connectivity index (χ1v) is 8.39. The highest BCUT2D eigenvalue weighted by Crippen LogP contribution is 2.24. The number of nitrogens with one attached hydrogen (secondary N) is 1. The lowest BCUT2D eigenvalue weighted by Gasteiger charge is -2.23. The van der Waals surface area contributed by atoms with E-state index < -0.39 is 0 Å². The number of hydrogen-bond acceptors (Lipinski definition) is 3. The number of aromatic nitrogens is 2. The Balaban J connectivity index is 2.10. The molecular weight excluding hydrogens is 363 g/mol. The molecule has 0 fully saturated rings. The fourth-order valence-corrected chi connectivity index (χ4v) is 2.69. The van der Waals surface area contributed by atoms with Crippen LogP contribution in [0.5, 0.6) is 0 Å². The van der Waals surface area contributed by atoms with E-state index in [1.165, 1.54) is 15.8 Å². The van der Waals surface area contributed by atoms with E-state index >= 15 is 0 Å². The molecule has 1 N–H and O–H groups in total. The lowest BCUT2D eigenvalue weighted by atomic mass is 10.1. The molecule has 134 valence electrons. The second-order valence-corrected chi connectivity index (χ2v) is 7.57. The number of carbonyl (C=O) groups excluding carboxylic acids is 2. The fraction of sp³-hybridized carbons (Fsp3) is 0.353. The van der Waals surface area contributed by atoms with E-state index in [4.69, 9.17) is 23.2 Å². The summed E-state index contributed by atoms with van der Waals surface area (Å²) in [5.74, 6) is -0.531. The topological polar surface area (TPSA) is 67.2 Å². The molecule has 6 nitrogen and oxygen atoms in total. The van der Waals surface area contributed by atoms with Crippen LogP contribution in [0.2, 0.25) is 10.0 Å². The highest BCUT2D eigenvalue weighted by atomic mass is 35.5. The van der Waals surface area contributed by atoms with E-state index in [1.807, 2.05) is 20.8 Å². The SMILES string of the molecule is CN(CC(=O)NC(C)(C)C)C(=O)c1cnn(-c2ccc(Cl)cc2Cl)c1. The molecule has 0 aliphatic carbocycles. The van der Waals surface area contributed by atoms with Gasteiger partial charge in [-0.25, -0.2) is 4.68 Å². The highest BCUT2D eigenvalue weighted by Gasteiger charge is 2.20. The zero-order valence-corrected chi connectivity index (χ0v) is 16.0. The van der Waals surface area contributed by atoms with Crippen LogP contribution in [0.1, 0.15) is 31.1 Å². The van der Waals surface area contributed by atoms with Crippen LogP contribution in [-0.2, 0) is 4.79 Å². The smallest absolute Gasteiger partial charge is 0.257 e. The summed E-state index contributed by atoms with van der Waals surface area (Å²) < 4.78 is 1.50. The van der Waals surface area contributed by atoms with Gasteiger partial charge < -0.3 is 10.2 Å². The molecule has 0 saturated carbocycles. The molecule has 0 bridgehead atoms. The molecule has 1 aromatic heterocycles. The maximum Gasteiger partial charge on any atom is 0.257 e. The van der Waals surface area contributed by atoms with Crippen molar-refractivity contribution < 1.29 is 9.59 Å². The summed E-state index contributed by atoms with van der Waals surface area (Å²) in [4.78, 5) is 25.8. The van der Waals surface area contributed by atoms with Gasteiger partial charge in [-0.2, -0.15) is 5.10 Å². The molecule has 2 amide bonds. The van der Waals surface area contributed by atoms with Crippen LogP contribution in [0.25, 0.3) is 5.69 Å². The van der Waals surface area contributed by atoms with Crippen molar-refractivity contribution in [2.75, 3.05) is 13.6 Å². The van der Waals surface area contributed by atoms with Gasteiger partial charge in [0.25, 0.3) is 5.91 Å². The lowest BCUT2D eigenvalue weighted by molar-refractivity contribution is -0.122. The average Bonchev–Trinajstić information content (AvgIpc) is 2.93. The summed E-state index contributed by atoms with van der Waals surface area (Å²) in [6.07, 6.45) is 3.00. The normalized spacial score (nSPS) is 11.3. The first kappa shape index (κ1) is 19.3. The molecule has 0 aliphatic heterocycles. The number of rotatable bonds is 4. The van der Waals surface area contributed by atoms with Gasteiger partial charge in [0.1, 0.15) is 0 Å². The Kier molecular flexibility index (Phi) is 5.75. The molecule has 25 heavy (non-hydrogen) atoms. The van der Waals surface area contributed by atoms with Crippen LogP contribution in [-0.4, -0.2) is 45.6 Å². The quantitative estimate of drug-likeness (QED) is 0.882. The first-order chi connectivity index (χ1) is 11.6. The van der Waals surface area contributed by atoms with Gasteiger partial charge >= 0.3 is 0 Å². The van der Waals surface area contributed by atoms with E-state index in [0.717, 1.165) is 0 Å². The first-order valence-electron chi connectivity index (χ1n) is 7.63. The number of amides is 2. The predicted octanol–water partition coefficient (Wildman–Crippen LogP) is 3.17. The minimum Gasteiger partial charge on any atom is -0.350 e. The maximum atomic E-state index is 12.5. The molecule has 1 heterocycles. The van der Waals surface area contributed by atoms with Crippen LogP contribution in [0.3, 0.4) is 0 Å². The summed E-state index contributed by atoms with van der Waals surface area (Å²) in [5.41, 5.74) is 0.618. The zero-order chi connectivity index (χ0) is 18.8. The van der Waals surface area contributed by atoms with Gasteiger partial charge in [0.15, 0.2) is 0 Å². The van der Waals surface area contributed by atoms with Gasteiger partial charge in [0.2, 0.25) is 5.91 Å². The summed E-state index contributed by atoms with van der Waals surface area (Å²) >= 11 is 12.0. The molecule has 0 spiro atoms. The summed E-state index contributed by atoms with van der Waals surface area (Å²) in [7, 11) is 1.57. The van der Waals surface area contributed by atoms with Crippen molar-refractivity contribution in [2.45, 2.75) is 26.3 Å². The molecule has 2 rings (SSSR count). The standard InChI is InChI=1S/C17H20Cl2N4O2/c1-17(2,3)21-15(24)10-22(4)16(25)11-8-20-23(9-11)14-6-5-12(18)7-13(14)19/h5-9H,10H2,1-4H3,(H,21,24). The molecule has 0 unspecified atom stereocenters. The Morgan fingerprint density at radius 3 is 2.56 bits per heavy atom. The predicted molar refractivity (Wildman–Crippen MR) is 98.4 cm³/mol. The van der Waals surface area contributed by atoms with Crippen molar-refractivity contribution >= 4 is 35.0 Å². The van der Waals surface area contributed by atoms with Gasteiger partial charge in [-0.1, -0.05) is 23.2 Å². The Hall–Kier alpha value is -2.05. The minimum absolute atomic E-state index is 0.0387. The monoisotopic (exact) mass is 382 g/mol. The average molecular weight is 383 g/mol. The largest absolute Gasteiger partial charge is 0.350 e. The van der Waals surface area contributed by atoms with E-state index in [-0.39, 0.29) is 23.9 Å². The van der Waals surface area contributed by atoms with E-state index in [1.54, 1.807) is 31.4 Å². The van der Waals surface area contributed by atoms with Gasteiger partial charge in [0.05, 0.1) is 29.0 Å². The third-order valence-electron chi connectivity index (χ3n) is 3.23. The van der Waals surface area contributed by atoms with Crippen LogP contribution in [0.4, 0.5) is 0 Å². The van der Waals surface area contributed by atoms with Crippen molar-refractivity contribution in [3.05, 3.63) is 46.2 Å². The molecule has 1 aromatic carbocycles. The van der Waals surface area contributed by atoms with Crippen LogP contribution >= 0.6 is 23.2 Å². The summed E-state index contributed by atoms with van der Waals surface area (Å²) in [6, 6.07) is 5.01. The number of halogens is 2. The summed E-state index contributed by atoms with van der Waals surface area (Å²) in [6.45, 7) is 5.61. The number of benzene rings is 1.